The van der Waals surface area contributed by atoms with Crippen LogP contribution in [0.15, 0.2) is 35.7 Å². The van der Waals surface area contributed by atoms with E-state index in [0.717, 1.165) is 140 Å². The van der Waals surface area contributed by atoms with Crippen LogP contribution in [0.25, 0.3) is 0 Å². The van der Waals surface area contributed by atoms with Gasteiger partial charge >= 0.3 is 11.9 Å². The molecule has 0 aromatic carbocycles. The number of carboxylic acid groups (broad SMARTS) is 2. The van der Waals surface area contributed by atoms with E-state index in [2.05, 4.69) is 142 Å². The number of fused-ring (bicyclic) bond motifs is 14. The fraction of sp³-hybridized carbons (Fsp3) is 0.861. The summed E-state index contributed by atoms with van der Waals surface area (Å²) in [5.74, 6) is 1.46. The van der Waals surface area contributed by atoms with Crippen molar-refractivity contribution in [3.8, 4) is 0 Å². The third-order valence-electron chi connectivity index (χ3n) is 29.6. The van der Waals surface area contributed by atoms with Gasteiger partial charge in [0.1, 0.15) is 11.4 Å². The molecule has 8 fully saturated rings. The minimum absolute atomic E-state index is 0.0212. The number of hydrogen-bond acceptors (Lipinski definition) is 8. The second-order valence-electron chi connectivity index (χ2n) is 35.0. The Labute approximate surface area is 506 Å². The normalized spacial score (nSPS) is 44.0. The summed E-state index contributed by atoms with van der Waals surface area (Å²) in [6.45, 7) is 37.7. The van der Waals surface area contributed by atoms with Gasteiger partial charge in [-0.2, -0.15) is 0 Å². The first kappa shape index (κ1) is 60.9. The van der Waals surface area contributed by atoms with Gasteiger partial charge in [0.05, 0.1) is 48.6 Å². The van der Waals surface area contributed by atoms with Crippen molar-refractivity contribution in [3.05, 3.63) is 47.1 Å². The van der Waals surface area contributed by atoms with E-state index in [1.807, 2.05) is 9.36 Å². The summed E-state index contributed by atoms with van der Waals surface area (Å²) in [7, 11) is 0. The first-order valence-corrected chi connectivity index (χ1v) is 34.2. The van der Waals surface area contributed by atoms with Gasteiger partial charge in [-0.25, -0.2) is 0 Å². The predicted molar refractivity (Wildman–Crippen MR) is 329 cm³/mol. The Hall–Kier alpha value is -3.38. The standard InChI is InChI=1S/C72H112N6O6/c1-61(2)31-35-71(59(79)80)37-33-67(11)49(51(71)41-61)19-21-55-65(9)27-25-57(63(5,6)53(65)23-29-69(55,67)13)83-45-47-43-77(75-73-47)39-17-15-16-18-40-78-44-48(74-76-78)46-84-58-26-28-66(10)54(64(58,7)8)24-30-70(14)56(66)22-20-50-52-42-62(3,4)32-36-72(52,60(81)82)38-34-68(50,70)12/h19-20,43-44,51-58H,15-18,21-42,45-46H2,1-14H3,(H,79,80)(H,81,82)/t51?,52?,53?,54?,55?,56?,57-,58-,65-,66-,67+,68+,69+,70+,71-,72-/m0/s1. The number of carbonyl (C=O) groups is 2. The van der Waals surface area contributed by atoms with Crippen molar-refractivity contribution in [2.24, 2.45) is 100 Å². The van der Waals surface area contributed by atoms with Crippen molar-refractivity contribution in [2.75, 3.05) is 0 Å². The third kappa shape index (κ3) is 9.14. The largest absolute Gasteiger partial charge is 0.481 e. The number of rotatable bonds is 15. The fourth-order valence-electron chi connectivity index (χ4n) is 24.1. The molecule has 84 heavy (non-hydrogen) atoms. The van der Waals surface area contributed by atoms with E-state index in [-0.39, 0.29) is 78.2 Å². The average Bonchev–Trinajstić information content (AvgIpc) is 0.759. The molecule has 6 unspecified atom stereocenters. The smallest absolute Gasteiger partial charge is 0.310 e. The molecule has 0 bridgehead atoms. The zero-order valence-electron chi connectivity index (χ0n) is 54.9. The molecule has 0 aliphatic heterocycles. The molecule has 2 aromatic rings. The fourth-order valence-corrected chi connectivity index (χ4v) is 24.1. The summed E-state index contributed by atoms with van der Waals surface area (Å²) in [4.78, 5) is 26.3. The lowest BCUT2D eigenvalue weighted by Crippen LogP contribution is -2.65. The number of aromatic nitrogens is 6. The molecule has 12 heteroatoms. The van der Waals surface area contributed by atoms with E-state index < -0.39 is 22.8 Å². The molecule has 2 N–H and O–H groups in total. The van der Waals surface area contributed by atoms with E-state index in [9.17, 15) is 19.8 Å². The second kappa shape index (κ2) is 20.6. The molecule has 16 atom stereocenters. The van der Waals surface area contributed by atoms with Crippen molar-refractivity contribution < 1.29 is 29.3 Å². The topological polar surface area (TPSA) is 154 Å². The molecule has 0 saturated heterocycles. The number of hydrogen-bond donors (Lipinski definition) is 2. The molecular formula is C72H112N6O6. The summed E-state index contributed by atoms with van der Waals surface area (Å²) in [5, 5.41) is 39.9. The molecule has 12 rings (SSSR count). The molecular weight excluding hydrogens is 1040 g/mol. The van der Waals surface area contributed by atoms with E-state index >= 15 is 0 Å². The Balaban J connectivity index is 0.586. The molecule has 466 valence electrons. The molecule has 10 aliphatic rings. The molecule has 2 heterocycles. The van der Waals surface area contributed by atoms with Crippen LogP contribution < -0.4 is 0 Å². The van der Waals surface area contributed by atoms with Gasteiger partial charge in [-0.3, -0.25) is 19.0 Å². The van der Waals surface area contributed by atoms with Crippen LogP contribution in [0.2, 0.25) is 0 Å². The summed E-state index contributed by atoms with van der Waals surface area (Å²) < 4.78 is 17.8. The maximum absolute atomic E-state index is 13.2. The third-order valence-corrected chi connectivity index (χ3v) is 29.6. The number of unbranched alkanes of at least 4 members (excludes halogenated alkanes) is 3. The maximum atomic E-state index is 13.2. The van der Waals surface area contributed by atoms with Crippen molar-refractivity contribution >= 4 is 11.9 Å². The van der Waals surface area contributed by atoms with Crippen LogP contribution in [0.5, 0.6) is 0 Å². The summed E-state index contributed by atoms with van der Waals surface area (Å²) >= 11 is 0. The Morgan fingerprint density at radius 3 is 1.25 bits per heavy atom. The average molecular weight is 1160 g/mol. The summed E-state index contributed by atoms with van der Waals surface area (Å²) in [5.41, 5.74) is 4.83. The van der Waals surface area contributed by atoms with Crippen LogP contribution in [0.3, 0.4) is 0 Å². The van der Waals surface area contributed by atoms with Gasteiger partial charge in [-0.15, -0.1) is 10.2 Å². The zero-order valence-corrected chi connectivity index (χ0v) is 54.9. The van der Waals surface area contributed by atoms with E-state index in [0.29, 0.717) is 36.9 Å². The van der Waals surface area contributed by atoms with E-state index in [1.165, 1.54) is 49.7 Å². The predicted octanol–water partition coefficient (Wildman–Crippen LogP) is 16.7. The van der Waals surface area contributed by atoms with Crippen LogP contribution in [-0.4, -0.2) is 64.3 Å². The molecule has 10 aliphatic carbocycles. The lowest BCUT2D eigenvalue weighted by Gasteiger charge is -2.71. The van der Waals surface area contributed by atoms with E-state index in [1.54, 1.807) is 0 Å². The van der Waals surface area contributed by atoms with Crippen LogP contribution in [0.1, 0.15) is 262 Å². The first-order valence-electron chi connectivity index (χ1n) is 34.2. The second-order valence-corrected chi connectivity index (χ2v) is 35.0. The number of nitrogens with zero attached hydrogens (tertiary/aromatic N) is 6. The van der Waals surface area contributed by atoms with Gasteiger partial charge in [-0.05, 0) is 231 Å². The number of aliphatic carboxylic acids is 2. The number of ether oxygens (including phenoxy) is 2. The van der Waals surface area contributed by atoms with Gasteiger partial charge in [0.15, 0.2) is 0 Å². The van der Waals surface area contributed by atoms with Crippen LogP contribution >= 0.6 is 0 Å². The van der Waals surface area contributed by atoms with Gasteiger partial charge in [0, 0.05) is 13.1 Å². The van der Waals surface area contributed by atoms with Crippen molar-refractivity contribution in [2.45, 2.75) is 290 Å². The lowest BCUT2D eigenvalue weighted by molar-refractivity contribution is -0.214. The molecule has 0 radical (unpaired) electrons. The summed E-state index contributed by atoms with van der Waals surface area (Å²) in [6.07, 6.45) is 34.7. The molecule has 2 aromatic heterocycles. The molecule has 8 saturated carbocycles. The van der Waals surface area contributed by atoms with Crippen molar-refractivity contribution in [1.29, 1.82) is 0 Å². The van der Waals surface area contributed by atoms with Crippen LogP contribution in [0.4, 0.5) is 0 Å². The summed E-state index contributed by atoms with van der Waals surface area (Å²) in [6, 6.07) is 0. The van der Waals surface area contributed by atoms with Crippen LogP contribution in [-0.2, 0) is 45.4 Å². The highest BCUT2D eigenvalue weighted by molar-refractivity contribution is 5.77. The Morgan fingerprint density at radius 2 is 0.869 bits per heavy atom. The maximum Gasteiger partial charge on any atom is 0.310 e. The number of allylic oxidation sites excluding steroid dienone is 4. The van der Waals surface area contributed by atoms with Crippen molar-refractivity contribution in [3.63, 3.8) is 0 Å². The van der Waals surface area contributed by atoms with Crippen molar-refractivity contribution in [1.82, 2.24) is 30.0 Å². The van der Waals surface area contributed by atoms with Gasteiger partial charge < -0.3 is 19.7 Å². The quantitative estimate of drug-likeness (QED) is 0.130. The van der Waals surface area contributed by atoms with Gasteiger partial charge in [-0.1, -0.05) is 143 Å². The zero-order chi connectivity index (χ0) is 60.1. The Kier molecular flexibility index (Phi) is 14.9. The minimum Gasteiger partial charge on any atom is -0.481 e. The minimum atomic E-state index is -0.595. The van der Waals surface area contributed by atoms with Gasteiger partial charge in [0.25, 0.3) is 0 Å². The number of aryl methyl sites for hydroxylation is 2. The molecule has 12 nitrogen and oxygen atoms in total. The highest BCUT2D eigenvalue weighted by atomic mass is 16.5. The Bertz CT molecular complexity index is 2720. The lowest BCUT2D eigenvalue weighted by atomic mass is 9.33. The monoisotopic (exact) mass is 1160 g/mol. The first-order chi connectivity index (χ1) is 39.3. The van der Waals surface area contributed by atoms with Crippen LogP contribution in [0, 0.1) is 100 Å². The van der Waals surface area contributed by atoms with Gasteiger partial charge in [0.2, 0.25) is 0 Å². The molecule has 0 spiro atoms. The van der Waals surface area contributed by atoms with E-state index in [4.69, 9.17) is 9.47 Å². The highest BCUT2D eigenvalue weighted by Gasteiger charge is 2.72. The Morgan fingerprint density at radius 1 is 0.488 bits per heavy atom. The number of carboxylic acids is 2. The molecule has 0 amide bonds. The highest BCUT2D eigenvalue weighted by Crippen LogP contribution is 2.78. The SMILES string of the molecule is CC1(C)CC[C@]2(C(=O)O)CC[C@]3(C)C(=CCC4[C@@]5(C)CC[C@H](OCc6cn(CCCCCCn7cc(CO[C@H]8CC[C@@]9(C)C(CC[C@]%10(C)C9CC=C9C%11CC(C)(C)CC[C@]%11(C(=O)O)CC[C@]9%10C)C8(C)C)nn7)nn6)C(C)(C)C5CC[C@]43C)C2C1.